The average molecular weight is 290 g/mol. The Balaban J connectivity index is 1.67. The van der Waals surface area contributed by atoms with Gasteiger partial charge in [-0.1, -0.05) is 0 Å². The predicted molar refractivity (Wildman–Crippen MR) is 79.0 cm³/mol. The molecule has 2 saturated heterocycles. The van der Waals surface area contributed by atoms with Crippen LogP contribution in [-0.4, -0.2) is 59.7 Å². The summed E-state index contributed by atoms with van der Waals surface area (Å²) in [7, 11) is 0. The highest BCUT2D eigenvalue weighted by atomic mass is 16.5. The molecule has 0 saturated carbocycles. The molecule has 0 radical (unpaired) electrons. The predicted octanol–water partition coefficient (Wildman–Crippen LogP) is 1.08. The highest BCUT2D eigenvalue weighted by Gasteiger charge is 2.25. The fraction of sp³-hybridized carbons (Fsp3) is 0.667. The lowest BCUT2D eigenvalue weighted by Crippen LogP contribution is -2.42. The Hall–Kier alpha value is -1.69. The molecule has 0 bridgehead atoms. The molecule has 0 aromatic carbocycles. The number of carbonyl (C=O) groups excluding carboxylic acids is 1. The molecule has 3 rings (SSSR count). The van der Waals surface area contributed by atoms with Gasteiger partial charge in [-0.05, 0) is 31.7 Å². The van der Waals surface area contributed by atoms with Crippen molar-refractivity contribution in [2.75, 3.05) is 37.7 Å². The smallest absolute Gasteiger partial charge is 0.242 e. The summed E-state index contributed by atoms with van der Waals surface area (Å²) in [6.45, 7) is 3.59. The van der Waals surface area contributed by atoms with Crippen LogP contribution in [0.25, 0.3) is 0 Å². The molecule has 6 nitrogen and oxygen atoms in total. The van der Waals surface area contributed by atoms with Crippen molar-refractivity contribution in [3.63, 3.8) is 0 Å². The summed E-state index contributed by atoms with van der Waals surface area (Å²) in [4.78, 5) is 24.9. The monoisotopic (exact) mass is 290 g/mol. The van der Waals surface area contributed by atoms with Crippen molar-refractivity contribution in [2.24, 2.45) is 0 Å². The van der Waals surface area contributed by atoms with E-state index in [4.69, 9.17) is 4.74 Å². The summed E-state index contributed by atoms with van der Waals surface area (Å²) in [6, 6.07) is 1.79. The van der Waals surface area contributed by atoms with Gasteiger partial charge in [0.15, 0.2) is 0 Å². The number of anilines is 1. The third kappa shape index (κ3) is 3.69. The van der Waals surface area contributed by atoms with Crippen molar-refractivity contribution in [3.05, 3.63) is 18.5 Å². The van der Waals surface area contributed by atoms with E-state index in [1.165, 1.54) is 0 Å². The third-order valence-corrected chi connectivity index (χ3v) is 4.07. The number of hydrogen-bond donors (Lipinski definition) is 0. The minimum Gasteiger partial charge on any atom is -0.376 e. The second-order valence-electron chi connectivity index (χ2n) is 5.65. The summed E-state index contributed by atoms with van der Waals surface area (Å²) in [6.07, 6.45) is 7.96. The molecule has 1 aromatic rings. The molecule has 114 valence electrons. The van der Waals surface area contributed by atoms with E-state index in [-0.39, 0.29) is 12.0 Å². The first-order chi connectivity index (χ1) is 10.3. The standard InChI is InChI=1S/C15H22N4O2/c20-14(18-8-1-2-9-18)12-19(11-13-5-3-10-21-13)15-16-6-4-7-17-15/h4,6-7,13H,1-3,5,8-12H2/t13-/m1/s1. The molecule has 0 unspecified atom stereocenters. The zero-order chi connectivity index (χ0) is 14.5. The molecule has 2 aliphatic heterocycles. The van der Waals surface area contributed by atoms with E-state index in [0.717, 1.165) is 45.4 Å². The van der Waals surface area contributed by atoms with Crippen molar-refractivity contribution >= 4 is 11.9 Å². The SMILES string of the molecule is O=C(CN(C[C@H]1CCCO1)c1ncccn1)N1CCCC1. The minimum atomic E-state index is 0.165. The van der Waals surface area contributed by atoms with Gasteiger partial charge in [-0.25, -0.2) is 9.97 Å². The van der Waals surface area contributed by atoms with Crippen molar-refractivity contribution in [1.29, 1.82) is 0 Å². The first kappa shape index (κ1) is 14.3. The van der Waals surface area contributed by atoms with Crippen LogP contribution < -0.4 is 4.90 Å². The molecule has 1 amide bonds. The topological polar surface area (TPSA) is 58.6 Å². The summed E-state index contributed by atoms with van der Waals surface area (Å²) in [5.41, 5.74) is 0. The molecule has 6 heteroatoms. The first-order valence-electron chi connectivity index (χ1n) is 7.74. The van der Waals surface area contributed by atoms with E-state index in [1.54, 1.807) is 18.5 Å². The van der Waals surface area contributed by atoms with Crippen LogP contribution >= 0.6 is 0 Å². The molecule has 21 heavy (non-hydrogen) atoms. The fourth-order valence-electron chi connectivity index (χ4n) is 2.94. The van der Waals surface area contributed by atoms with Crippen LogP contribution in [0.5, 0.6) is 0 Å². The number of amides is 1. The van der Waals surface area contributed by atoms with Crippen LogP contribution in [0, 0.1) is 0 Å². The number of aromatic nitrogens is 2. The van der Waals surface area contributed by atoms with Gasteiger partial charge < -0.3 is 14.5 Å². The number of likely N-dealkylation sites (tertiary alicyclic amines) is 1. The molecule has 2 fully saturated rings. The molecular formula is C15H22N4O2. The molecule has 2 aliphatic rings. The molecule has 0 aliphatic carbocycles. The Bertz CT molecular complexity index is 456. The molecule has 1 atom stereocenters. The molecular weight excluding hydrogens is 268 g/mol. The lowest BCUT2D eigenvalue weighted by molar-refractivity contribution is -0.128. The highest BCUT2D eigenvalue weighted by molar-refractivity contribution is 5.81. The van der Waals surface area contributed by atoms with Crippen molar-refractivity contribution in [1.82, 2.24) is 14.9 Å². The fourth-order valence-corrected chi connectivity index (χ4v) is 2.94. The van der Waals surface area contributed by atoms with E-state index < -0.39 is 0 Å². The van der Waals surface area contributed by atoms with Crippen LogP contribution in [0.3, 0.4) is 0 Å². The van der Waals surface area contributed by atoms with Gasteiger partial charge in [0, 0.05) is 38.6 Å². The molecule has 0 N–H and O–H groups in total. The summed E-state index contributed by atoms with van der Waals surface area (Å²) in [5.74, 6) is 0.776. The minimum absolute atomic E-state index is 0.165. The van der Waals surface area contributed by atoms with E-state index in [2.05, 4.69) is 9.97 Å². The number of nitrogens with zero attached hydrogens (tertiary/aromatic N) is 4. The van der Waals surface area contributed by atoms with Gasteiger partial charge in [0.1, 0.15) is 6.54 Å². The van der Waals surface area contributed by atoms with Crippen molar-refractivity contribution in [3.8, 4) is 0 Å². The zero-order valence-corrected chi connectivity index (χ0v) is 12.3. The number of ether oxygens (including phenoxy) is 1. The van der Waals surface area contributed by atoms with E-state index >= 15 is 0 Å². The van der Waals surface area contributed by atoms with Gasteiger partial charge in [-0.2, -0.15) is 0 Å². The lowest BCUT2D eigenvalue weighted by Gasteiger charge is -2.26. The quantitative estimate of drug-likeness (QED) is 0.812. The van der Waals surface area contributed by atoms with Crippen molar-refractivity contribution in [2.45, 2.75) is 31.8 Å². The van der Waals surface area contributed by atoms with E-state index in [1.807, 2.05) is 9.80 Å². The number of hydrogen-bond acceptors (Lipinski definition) is 5. The first-order valence-corrected chi connectivity index (χ1v) is 7.74. The molecule has 0 spiro atoms. The number of carbonyl (C=O) groups is 1. The summed E-state index contributed by atoms with van der Waals surface area (Å²) >= 11 is 0. The Labute approximate surface area is 125 Å². The van der Waals surface area contributed by atoms with Gasteiger partial charge in [0.05, 0.1) is 6.10 Å². The van der Waals surface area contributed by atoms with Crippen LogP contribution in [-0.2, 0) is 9.53 Å². The Morgan fingerprint density at radius 3 is 2.71 bits per heavy atom. The van der Waals surface area contributed by atoms with Gasteiger partial charge in [0.25, 0.3) is 0 Å². The largest absolute Gasteiger partial charge is 0.376 e. The second kappa shape index (κ2) is 6.85. The highest BCUT2D eigenvalue weighted by Crippen LogP contribution is 2.17. The van der Waals surface area contributed by atoms with Crippen LogP contribution in [0.4, 0.5) is 5.95 Å². The summed E-state index contributed by atoms with van der Waals surface area (Å²) < 4.78 is 5.69. The molecule has 3 heterocycles. The van der Waals surface area contributed by atoms with E-state index in [0.29, 0.717) is 19.0 Å². The maximum Gasteiger partial charge on any atom is 0.242 e. The maximum absolute atomic E-state index is 12.4. The second-order valence-corrected chi connectivity index (χ2v) is 5.65. The Morgan fingerprint density at radius 1 is 1.29 bits per heavy atom. The maximum atomic E-state index is 12.4. The van der Waals surface area contributed by atoms with Gasteiger partial charge in [-0.3, -0.25) is 4.79 Å². The summed E-state index contributed by atoms with van der Waals surface area (Å²) in [5, 5.41) is 0. The molecule has 1 aromatic heterocycles. The normalized spacial score (nSPS) is 21.7. The Morgan fingerprint density at radius 2 is 2.05 bits per heavy atom. The third-order valence-electron chi connectivity index (χ3n) is 4.07. The van der Waals surface area contributed by atoms with Gasteiger partial charge in [-0.15, -0.1) is 0 Å². The van der Waals surface area contributed by atoms with Crippen molar-refractivity contribution < 1.29 is 9.53 Å². The van der Waals surface area contributed by atoms with Crippen LogP contribution in [0.15, 0.2) is 18.5 Å². The lowest BCUT2D eigenvalue weighted by atomic mass is 10.2. The van der Waals surface area contributed by atoms with Crippen LogP contribution in [0.1, 0.15) is 25.7 Å². The van der Waals surface area contributed by atoms with Crippen LogP contribution in [0.2, 0.25) is 0 Å². The zero-order valence-electron chi connectivity index (χ0n) is 12.3. The Kier molecular flexibility index (Phi) is 4.65. The number of rotatable bonds is 5. The van der Waals surface area contributed by atoms with Gasteiger partial charge >= 0.3 is 0 Å². The average Bonchev–Trinajstić information content (AvgIpc) is 3.21. The van der Waals surface area contributed by atoms with E-state index in [9.17, 15) is 4.79 Å². The van der Waals surface area contributed by atoms with Gasteiger partial charge in [0.2, 0.25) is 11.9 Å².